The molecule has 3 heteroatoms. The second-order valence-corrected chi connectivity index (χ2v) is 3.04. The third kappa shape index (κ3) is 0.731. The van der Waals surface area contributed by atoms with Crippen molar-refractivity contribution in [1.29, 1.82) is 0 Å². The van der Waals surface area contributed by atoms with E-state index in [1.165, 1.54) is 0 Å². The van der Waals surface area contributed by atoms with Gasteiger partial charge in [0, 0.05) is 34.7 Å². The molecule has 3 rings (SSSR count). The summed E-state index contributed by atoms with van der Waals surface area (Å²) in [5, 5.41) is 2.67. The molecule has 0 bridgehead atoms. The van der Waals surface area contributed by atoms with Crippen LogP contribution in [0.4, 0.5) is 0 Å². The first-order chi connectivity index (χ1) is 6.36. The molecule has 0 saturated heterocycles. The molecule has 3 aromatic rings. The van der Waals surface area contributed by atoms with Crippen molar-refractivity contribution < 1.29 is 0 Å². The van der Waals surface area contributed by atoms with Crippen molar-refractivity contribution in [2.45, 2.75) is 0 Å². The SMILES string of the molecule is O=c1ccc2ncc3c[nH]cc1c32. The maximum atomic E-state index is 11.4. The predicted molar refractivity (Wildman–Crippen MR) is 51.1 cm³/mol. The molecule has 1 aromatic carbocycles. The number of H-pyrrole nitrogens is 1. The van der Waals surface area contributed by atoms with Crippen LogP contribution in [0.2, 0.25) is 0 Å². The fraction of sp³-hybridized carbons (Fsp3) is 0. The second-order valence-electron chi connectivity index (χ2n) is 3.04. The lowest BCUT2D eigenvalue weighted by Gasteiger charge is -1.94. The van der Waals surface area contributed by atoms with E-state index in [0.717, 1.165) is 16.3 Å². The first kappa shape index (κ1) is 6.60. The lowest BCUT2D eigenvalue weighted by Crippen LogP contribution is -1.98. The lowest BCUT2D eigenvalue weighted by molar-refractivity contribution is 1.38. The highest BCUT2D eigenvalue weighted by Gasteiger charge is 2.05. The third-order valence-electron chi connectivity index (χ3n) is 2.28. The molecule has 0 atom stereocenters. The van der Waals surface area contributed by atoms with E-state index in [0.29, 0.717) is 5.39 Å². The zero-order valence-electron chi connectivity index (χ0n) is 6.74. The molecule has 0 aliphatic rings. The molecule has 62 valence electrons. The summed E-state index contributed by atoms with van der Waals surface area (Å²) in [6.45, 7) is 0. The Bertz CT molecular complexity index is 612. The number of rotatable bonds is 0. The number of hydrogen-bond donors (Lipinski definition) is 1. The molecule has 0 spiro atoms. The summed E-state index contributed by atoms with van der Waals surface area (Å²) in [6, 6.07) is 3.32. The van der Waals surface area contributed by atoms with Crippen LogP contribution in [-0.4, -0.2) is 9.97 Å². The van der Waals surface area contributed by atoms with Crippen LogP contribution >= 0.6 is 0 Å². The molecule has 0 saturated carbocycles. The van der Waals surface area contributed by atoms with Gasteiger partial charge in [-0.05, 0) is 12.1 Å². The van der Waals surface area contributed by atoms with Gasteiger partial charge >= 0.3 is 0 Å². The summed E-state index contributed by atoms with van der Waals surface area (Å²) in [7, 11) is 0. The zero-order chi connectivity index (χ0) is 8.84. The zero-order valence-corrected chi connectivity index (χ0v) is 6.74. The Hall–Kier alpha value is -1.90. The lowest BCUT2D eigenvalue weighted by atomic mass is 10.1. The Morgan fingerprint density at radius 2 is 2.15 bits per heavy atom. The quantitative estimate of drug-likeness (QED) is 0.556. The third-order valence-corrected chi connectivity index (χ3v) is 2.28. The number of pyridine rings is 1. The normalized spacial score (nSPS) is 11.4. The smallest absolute Gasteiger partial charge is 0.188 e. The fourth-order valence-electron chi connectivity index (χ4n) is 1.67. The minimum Gasteiger partial charge on any atom is -0.366 e. The molecule has 13 heavy (non-hydrogen) atoms. The van der Waals surface area contributed by atoms with E-state index in [4.69, 9.17) is 0 Å². The van der Waals surface area contributed by atoms with Gasteiger partial charge in [0.2, 0.25) is 0 Å². The van der Waals surface area contributed by atoms with Crippen molar-refractivity contribution in [2.75, 3.05) is 0 Å². The van der Waals surface area contributed by atoms with Gasteiger partial charge in [-0.1, -0.05) is 0 Å². The highest BCUT2D eigenvalue weighted by Crippen LogP contribution is 2.21. The molecule has 2 heterocycles. The topological polar surface area (TPSA) is 45.8 Å². The van der Waals surface area contributed by atoms with Crippen molar-refractivity contribution in [3.63, 3.8) is 0 Å². The van der Waals surface area contributed by atoms with Crippen molar-refractivity contribution in [3.05, 3.63) is 40.9 Å². The van der Waals surface area contributed by atoms with Gasteiger partial charge in [0.15, 0.2) is 5.43 Å². The van der Waals surface area contributed by atoms with Crippen LogP contribution in [0, 0.1) is 0 Å². The molecule has 0 radical (unpaired) electrons. The van der Waals surface area contributed by atoms with Gasteiger partial charge in [-0.25, -0.2) is 0 Å². The van der Waals surface area contributed by atoms with Gasteiger partial charge in [-0.15, -0.1) is 0 Å². The Labute approximate surface area is 73.4 Å². The molecular formula is C10H6N2O. The summed E-state index contributed by atoms with van der Waals surface area (Å²) in [4.78, 5) is 18.6. The van der Waals surface area contributed by atoms with Crippen LogP contribution in [0.1, 0.15) is 0 Å². The van der Waals surface area contributed by atoms with Crippen LogP contribution in [0.15, 0.2) is 35.5 Å². The van der Waals surface area contributed by atoms with Crippen molar-refractivity contribution in [3.8, 4) is 0 Å². The molecule has 1 N–H and O–H groups in total. The summed E-state index contributed by atoms with van der Waals surface area (Å²) in [5.41, 5.74) is 0.931. The number of aromatic amines is 1. The van der Waals surface area contributed by atoms with E-state index >= 15 is 0 Å². The van der Waals surface area contributed by atoms with Gasteiger partial charge in [0.05, 0.1) is 5.52 Å². The van der Waals surface area contributed by atoms with Crippen LogP contribution in [-0.2, 0) is 0 Å². The van der Waals surface area contributed by atoms with Crippen LogP contribution in [0.3, 0.4) is 0 Å². The van der Waals surface area contributed by atoms with Gasteiger partial charge in [-0.2, -0.15) is 0 Å². The molecular weight excluding hydrogens is 164 g/mol. The Balaban J connectivity index is 2.82. The van der Waals surface area contributed by atoms with Crippen LogP contribution in [0.5, 0.6) is 0 Å². The Kier molecular flexibility index (Phi) is 1.05. The molecule has 3 nitrogen and oxygen atoms in total. The Morgan fingerprint density at radius 3 is 3.08 bits per heavy atom. The average Bonchev–Trinajstić information content (AvgIpc) is 2.57. The molecule has 2 aromatic heterocycles. The summed E-state index contributed by atoms with van der Waals surface area (Å²) < 4.78 is 0. The number of nitrogens with one attached hydrogen (secondary N) is 1. The van der Waals surface area contributed by atoms with E-state index in [1.807, 2.05) is 6.20 Å². The Morgan fingerprint density at radius 1 is 1.23 bits per heavy atom. The number of benzene rings is 1. The average molecular weight is 170 g/mol. The van der Waals surface area contributed by atoms with E-state index < -0.39 is 0 Å². The summed E-state index contributed by atoms with van der Waals surface area (Å²) in [5.74, 6) is 0. The first-order valence-electron chi connectivity index (χ1n) is 4.04. The maximum Gasteiger partial charge on any atom is 0.188 e. The number of nitrogens with zero attached hydrogens (tertiary/aromatic N) is 1. The largest absolute Gasteiger partial charge is 0.366 e. The highest BCUT2D eigenvalue weighted by atomic mass is 16.1. The first-order valence-corrected chi connectivity index (χ1v) is 4.04. The predicted octanol–water partition coefficient (Wildman–Crippen LogP) is 1.51. The van der Waals surface area contributed by atoms with E-state index in [-0.39, 0.29) is 5.43 Å². The van der Waals surface area contributed by atoms with E-state index in [1.54, 1.807) is 24.5 Å². The minimum absolute atomic E-state index is 0.0438. The molecule has 0 fully saturated rings. The van der Waals surface area contributed by atoms with Crippen molar-refractivity contribution >= 4 is 21.7 Å². The molecule has 0 aliphatic heterocycles. The number of aromatic nitrogens is 2. The summed E-state index contributed by atoms with van der Waals surface area (Å²) >= 11 is 0. The van der Waals surface area contributed by atoms with Gasteiger partial charge < -0.3 is 4.98 Å². The second kappa shape index (κ2) is 2.07. The van der Waals surface area contributed by atoms with Crippen molar-refractivity contribution in [1.82, 2.24) is 9.97 Å². The van der Waals surface area contributed by atoms with Crippen LogP contribution < -0.4 is 5.43 Å². The molecule has 0 aliphatic carbocycles. The van der Waals surface area contributed by atoms with E-state index in [9.17, 15) is 4.79 Å². The number of hydrogen-bond acceptors (Lipinski definition) is 2. The summed E-state index contributed by atoms with van der Waals surface area (Å²) in [6.07, 6.45) is 5.34. The molecule has 0 amide bonds. The van der Waals surface area contributed by atoms with Gasteiger partial charge in [0.1, 0.15) is 0 Å². The van der Waals surface area contributed by atoms with Gasteiger partial charge in [-0.3, -0.25) is 9.78 Å². The van der Waals surface area contributed by atoms with Crippen molar-refractivity contribution in [2.24, 2.45) is 0 Å². The monoisotopic (exact) mass is 170 g/mol. The van der Waals surface area contributed by atoms with Crippen LogP contribution in [0.25, 0.3) is 21.7 Å². The fourth-order valence-corrected chi connectivity index (χ4v) is 1.67. The van der Waals surface area contributed by atoms with E-state index in [2.05, 4.69) is 9.97 Å². The van der Waals surface area contributed by atoms with Gasteiger partial charge in [0.25, 0.3) is 0 Å². The highest BCUT2D eigenvalue weighted by molar-refractivity contribution is 6.08. The maximum absolute atomic E-state index is 11.4. The minimum atomic E-state index is 0.0438. The molecule has 0 unspecified atom stereocenters. The standard InChI is InChI=1S/C10H6N2O/c13-9-2-1-8-10-6(4-12-8)3-11-5-7(9)10/h1-5,11H.